The van der Waals surface area contributed by atoms with Gasteiger partial charge in [-0.25, -0.2) is 13.4 Å². The van der Waals surface area contributed by atoms with Crippen molar-refractivity contribution in [3.05, 3.63) is 48.7 Å². The van der Waals surface area contributed by atoms with E-state index in [2.05, 4.69) is 20.2 Å². The van der Waals surface area contributed by atoms with E-state index in [0.29, 0.717) is 30.3 Å². The first-order valence-electron chi connectivity index (χ1n) is 8.32. The Morgan fingerprint density at radius 2 is 2.00 bits per heavy atom. The molecule has 2 aromatic heterocycles. The SMILES string of the molecule is COc1ccc(S(=O)(=O)N2CC[C@H](c3nnc(-c4cnccn4)o3)C2)cc1. The van der Waals surface area contributed by atoms with E-state index in [1.165, 1.54) is 23.8 Å². The summed E-state index contributed by atoms with van der Waals surface area (Å²) in [4.78, 5) is 8.32. The molecule has 1 aliphatic rings. The van der Waals surface area contributed by atoms with E-state index in [1.54, 1.807) is 30.5 Å². The molecule has 9 nitrogen and oxygen atoms in total. The van der Waals surface area contributed by atoms with E-state index in [9.17, 15) is 8.42 Å². The van der Waals surface area contributed by atoms with Gasteiger partial charge in [-0.05, 0) is 30.7 Å². The molecular formula is C17H17N5O4S. The smallest absolute Gasteiger partial charge is 0.267 e. The highest BCUT2D eigenvalue weighted by molar-refractivity contribution is 7.89. The zero-order valence-corrected chi connectivity index (χ0v) is 15.3. The number of hydrogen-bond acceptors (Lipinski definition) is 8. The number of rotatable bonds is 5. The van der Waals surface area contributed by atoms with E-state index in [1.807, 2.05) is 0 Å². The van der Waals surface area contributed by atoms with Crippen LogP contribution in [0.4, 0.5) is 0 Å². The van der Waals surface area contributed by atoms with Crippen molar-refractivity contribution in [1.29, 1.82) is 0 Å². The lowest BCUT2D eigenvalue weighted by Gasteiger charge is -2.16. The summed E-state index contributed by atoms with van der Waals surface area (Å²) in [7, 11) is -2.05. The lowest BCUT2D eigenvalue weighted by atomic mass is 10.1. The maximum Gasteiger partial charge on any atom is 0.267 e. The number of nitrogens with zero attached hydrogens (tertiary/aromatic N) is 5. The number of aromatic nitrogens is 4. The van der Waals surface area contributed by atoms with Gasteiger partial charge in [-0.2, -0.15) is 4.31 Å². The van der Waals surface area contributed by atoms with E-state index < -0.39 is 10.0 Å². The highest BCUT2D eigenvalue weighted by Crippen LogP contribution is 2.31. The highest BCUT2D eigenvalue weighted by Gasteiger charge is 2.35. The Morgan fingerprint density at radius 1 is 1.19 bits per heavy atom. The van der Waals surface area contributed by atoms with E-state index in [0.717, 1.165) is 0 Å². The number of sulfonamides is 1. The Balaban J connectivity index is 1.50. The molecule has 4 rings (SSSR count). The lowest BCUT2D eigenvalue weighted by molar-refractivity contribution is 0.414. The monoisotopic (exact) mass is 387 g/mol. The third-order valence-corrected chi connectivity index (χ3v) is 6.30. The highest BCUT2D eigenvalue weighted by atomic mass is 32.2. The molecule has 0 radical (unpaired) electrons. The summed E-state index contributed by atoms with van der Waals surface area (Å²) in [6.45, 7) is 0.679. The minimum absolute atomic E-state index is 0.157. The first-order valence-corrected chi connectivity index (χ1v) is 9.76. The predicted molar refractivity (Wildman–Crippen MR) is 94.4 cm³/mol. The van der Waals surface area contributed by atoms with Gasteiger partial charge in [0.2, 0.25) is 15.9 Å². The van der Waals surface area contributed by atoms with Crippen molar-refractivity contribution >= 4 is 10.0 Å². The van der Waals surface area contributed by atoms with Crippen molar-refractivity contribution in [2.75, 3.05) is 20.2 Å². The molecule has 0 bridgehead atoms. The summed E-state index contributed by atoms with van der Waals surface area (Å²) >= 11 is 0. The molecule has 27 heavy (non-hydrogen) atoms. The summed E-state index contributed by atoms with van der Waals surface area (Å²) < 4.78 is 37.9. The van der Waals surface area contributed by atoms with E-state index in [4.69, 9.17) is 9.15 Å². The van der Waals surface area contributed by atoms with Gasteiger partial charge in [-0.3, -0.25) is 4.98 Å². The van der Waals surface area contributed by atoms with Crippen molar-refractivity contribution in [3.8, 4) is 17.3 Å². The normalized spacial score (nSPS) is 17.9. The van der Waals surface area contributed by atoms with Crippen LogP contribution in [0.2, 0.25) is 0 Å². The van der Waals surface area contributed by atoms with Crippen LogP contribution in [0.3, 0.4) is 0 Å². The minimum atomic E-state index is -3.58. The summed E-state index contributed by atoms with van der Waals surface area (Å²) in [5, 5.41) is 8.06. The zero-order chi connectivity index (χ0) is 18.9. The van der Waals surface area contributed by atoms with Gasteiger partial charge in [0, 0.05) is 25.5 Å². The Morgan fingerprint density at radius 3 is 2.70 bits per heavy atom. The number of ether oxygens (including phenoxy) is 1. The molecule has 1 atom stereocenters. The molecule has 0 N–H and O–H groups in total. The second-order valence-corrected chi connectivity index (χ2v) is 8.00. The Labute approximate surface area is 156 Å². The Kier molecular flexibility index (Phi) is 4.58. The van der Waals surface area contributed by atoms with Crippen LogP contribution in [0.25, 0.3) is 11.6 Å². The van der Waals surface area contributed by atoms with Crippen LogP contribution in [0.5, 0.6) is 5.75 Å². The molecule has 0 aliphatic carbocycles. The van der Waals surface area contributed by atoms with Crippen LogP contribution < -0.4 is 4.74 Å². The Hall–Kier alpha value is -2.85. The average molecular weight is 387 g/mol. The van der Waals surface area contributed by atoms with Crippen LogP contribution in [-0.2, 0) is 10.0 Å². The fourth-order valence-electron chi connectivity index (χ4n) is 2.96. The molecule has 0 spiro atoms. The zero-order valence-electron chi connectivity index (χ0n) is 14.5. The maximum atomic E-state index is 12.8. The largest absolute Gasteiger partial charge is 0.497 e. The molecule has 1 saturated heterocycles. The molecule has 0 amide bonds. The van der Waals surface area contributed by atoms with Crippen LogP contribution in [0.1, 0.15) is 18.2 Å². The van der Waals surface area contributed by atoms with Gasteiger partial charge in [-0.15, -0.1) is 10.2 Å². The fraction of sp³-hybridized carbons (Fsp3) is 0.294. The maximum absolute atomic E-state index is 12.8. The van der Waals surface area contributed by atoms with Gasteiger partial charge in [-0.1, -0.05) is 0 Å². The van der Waals surface area contributed by atoms with Gasteiger partial charge in [0.25, 0.3) is 5.89 Å². The topological polar surface area (TPSA) is 111 Å². The molecule has 1 fully saturated rings. The van der Waals surface area contributed by atoms with Crippen LogP contribution in [0, 0.1) is 0 Å². The number of benzene rings is 1. The van der Waals surface area contributed by atoms with Gasteiger partial charge < -0.3 is 9.15 Å². The van der Waals surface area contributed by atoms with Crippen LogP contribution >= 0.6 is 0 Å². The molecule has 1 aromatic carbocycles. The second-order valence-electron chi connectivity index (χ2n) is 6.06. The molecular weight excluding hydrogens is 370 g/mol. The fourth-order valence-corrected chi connectivity index (χ4v) is 4.46. The van der Waals surface area contributed by atoms with Gasteiger partial charge in [0.05, 0.1) is 24.1 Å². The molecule has 10 heteroatoms. The Bertz CT molecular complexity index is 1020. The molecule has 3 heterocycles. The average Bonchev–Trinajstić information content (AvgIpc) is 3.38. The molecule has 140 valence electrons. The summed E-state index contributed by atoms with van der Waals surface area (Å²) in [6.07, 6.45) is 5.24. The lowest BCUT2D eigenvalue weighted by Crippen LogP contribution is -2.28. The van der Waals surface area contributed by atoms with Gasteiger partial charge >= 0.3 is 0 Å². The summed E-state index contributed by atoms with van der Waals surface area (Å²) in [5.74, 6) is 1.13. The third kappa shape index (κ3) is 3.40. The first-order chi connectivity index (χ1) is 13.1. The number of methoxy groups -OCH3 is 1. The van der Waals surface area contributed by atoms with Gasteiger partial charge in [0.1, 0.15) is 11.4 Å². The summed E-state index contributed by atoms with van der Waals surface area (Å²) in [5.41, 5.74) is 0.483. The van der Waals surface area contributed by atoms with Crippen molar-refractivity contribution in [1.82, 2.24) is 24.5 Å². The molecule has 0 saturated carbocycles. The third-order valence-electron chi connectivity index (χ3n) is 4.42. The second kappa shape index (κ2) is 7.05. The van der Waals surface area contributed by atoms with Crippen molar-refractivity contribution in [3.63, 3.8) is 0 Å². The molecule has 3 aromatic rings. The van der Waals surface area contributed by atoms with Gasteiger partial charge in [0.15, 0.2) is 0 Å². The molecule has 0 unspecified atom stereocenters. The predicted octanol–water partition coefficient (Wildman–Crippen LogP) is 1.71. The summed E-state index contributed by atoms with van der Waals surface area (Å²) in [6, 6.07) is 6.35. The van der Waals surface area contributed by atoms with Crippen molar-refractivity contribution < 1.29 is 17.6 Å². The van der Waals surface area contributed by atoms with Crippen molar-refractivity contribution in [2.24, 2.45) is 0 Å². The quantitative estimate of drug-likeness (QED) is 0.650. The molecule has 1 aliphatic heterocycles. The standard InChI is InChI=1S/C17H17N5O4S/c1-25-13-2-4-14(5-3-13)27(23,24)22-9-6-12(11-22)16-20-21-17(26-16)15-10-18-7-8-19-15/h2-5,7-8,10,12H,6,9,11H2,1H3/t12-/m0/s1. The van der Waals surface area contributed by atoms with Crippen LogP contribution in [0.15, 0.2) is 52.2 Å². The first kappa shape index (κ1) is 17.6. The minimum Gasteiger partial charge on any atom is -0.497 e. The van der Waals surface area contributed by atoms with Crippen molar-refractivity contribution in [2.45, 2.75) is 17.2 Å². The van der Waals surface area contributed by atoms with E-state index in [-0.39, 0.29) is 23.2 Å². The van der Waals surface area contributed by atoms with Crippen LogP contribution in [-0.4, -0.2) is 53.1 Å². The number of hydrogen-bond donors (Lipinski definition) is 0. The van der Waals surface area contributed by atoms with E-state index >= 15 is 0 Å².